The van der Waals surface area contributed by atoms with Crippen molar-refractivity contribution in [2.24, 2.45) is 0 Å². The van der Waals surface area contributed by atoms with Crippen LogP contribution in [0.1, 0.15) is 40.6 Å². The highest BCUT2D eigenvalue weighted by atomic mass is 16.2. The maximum atomic E-state index is 13.6. The lowest BCUT2D eigenvalue weighted by Crippen LogP contribution is -2.44. The van der Waals surface area contributed by atoms with E-state index in [0.717, 1.165) is 22.5 Å². The van der Waals surface area contributed by atoms with E-state index in [9.17, 15) is 4.79 Å². The van der Waals surface area contributed by atoms with Gasteiger partial charge in [0, 0.05) is 17.4 Å². The molecule has 0 aliphatic carbocycles. The van der Waals surface area contributed by atoms with Crippen LogP contribution in [0.3, 0.4) is 0 Å². The van der Waals surface area contributed by atoms with Gasteiger partial charge in [0.1, 0.15) is 6.17 Å². The van der Waals surface area contributed by atoms with Gasteiger partial charge in [-0.25, -0.2) is 4.68 Å². The second-order valence-electron chi connectivity index (χ2n) is 7.45. The Morgan fingerprint density at radius 3 is 2.33 bits per heavy atom. The van der Waals surface area contributed by atoms with Crippen molar-refractivity contribution in [3.05, 3.63) is 114 Å². The Hall–Kier alpha value is -3.86. The van der Waals surface area contributed by atoms with E-state index in [4.69, 9.17) is 0 Å². The van der Waals surface area contributed by atoms with E-state index in [-0.39, 0.29) is 18.1 Å². The van der Waals surface area contributed by atoms with Gasteiger partial charge in [0.25, 0.3) is 5.91 Å². The smallest absolute Gasteiger partial charge is 0.258 e. The van der Waals surface area contributed by atoms with E-state index < -0.39 is 0 Å². The molecule has 1 N–H and O–H groups in total. The highest BCUT2D eigenvalue weighted by molar-refractivity contribution is 6.02. The molecule has 0 unspecified atom stereocenters. The van der Waals surface area contributed by atoms with Crippen molar-refractivity contribution in [2.45, 2.75) is 19.1 Å². The first kappa shape index (κ1) is 18.2. The number of nitrogens with one attached hydrogen (secondary N) is 1. The maximum absolute atomic E-state index is 13.6. The summed E-state index contributed by atoms with van der Waals surface area (Å²) in [6.45, 7) is 2.07. The van der Waals surface area contributed by atoms with E-state index in [0.29, 0.717) is 5.56 Å². The van der Waals surface area contributed by atoms with Crippen molar-refractivity contribution >= 4 is 11.6 Å². The Labute approximate surface area is 175 Å². The molecule has 4 aromatic rings. The summed E-state index contributed by atoms with van der Waals surface area (Å²) in [5.41, 5.74) is 4.54. The van der Waals surface area contributed by atoms with Gasteiger partial charge in [-0.1, -0.05) is 60.7 Å². The van der Waals surface area contributed by atoms with Crippen molar-refractivity contribution < 1.29 is 4.79 Å². The molecule has 3 aromatic carbocycles. The summed E-state index contributed by atoms with van der Waals surface area (Å²) >= 11 is 0. The maximum Gasteiger partial charge on any atom is 0.258 e. The third-order valence-corrected chi connectivity index (χ3v) is 5.60. The molecule has 0 spiro atoms. The predicted molar refractivity (Wildman–Crippen MR) is 117 cm³/mol. The topological polar surface area (TPSA) is 50.2 Å². The Balaban J connectivity index is 1.58. The summed E-state index contributed by atoms with van der Waals surface area (Å²) in [5.74, 6) is 0.0122. The minimum atomic E-state index is -0.319. The van der Waals surface area contributed by atoms with Crippen molar-refractivity contribution in [1.82, 2.24) is 14.7 Å². The van der Waals surface area contributed by atoms with Gasteiger partial charge < -0.3 is 10.2 Å². The number of carbonyl (C=O) groups excluding carboxylic acids is 1. The van der Waals surface area contributed by atoms with E-state index in [1.165, 1.54) is 0 Å². The third-order valence-electron chi connectivity index (χ3n) is 5.60. The molecule has 2 heterocycles. The fraction of sp³-hybridized carbons (Fsp3) is 0.120. The zero-order valence-electron chi connectivity index (χ0n) is 16.6. The lowest BCUT2D eigenvalue weighted by molar-refractivity contribution is 0.0596. The number of hydrogen-bond acceptors (Lipinski definition) is 3. The van der Waals surface area contributed by atoms with Crippen LogP contribution in [-0.2, 0) is 0 Å². The van der Waals surface area contributed by atoms with Crippen LogP contribution in [0.2, 0.25) is 0 Å². The summed E-state index contributed by atoms with van der Waals surface area (Å²) in [7, 11) is 0. The van der Waals surface area contributed by atoms with Gasteiger partial charge in [-0.3, -0.25) is 4.79 Å². The molecule has 1 aliphatic rings. The number of benzene rings is 3. The summed E-state index contributed by atoms with van der Waals surface area (Å²) in [4.78, 5) is 15.5. The Morgan fingerprint density at radius 1 is 0.900 bits per heavy atom. The molecule has 1 aliphatic heterocycles. The van der Waals surface area contributed by atoms with E-state index in [1.54, 1.807) is 0 Å². The molecule has 1 amide bonds. The van der Waals surface area contributed by atoms with Crippen molar-refractivity contribution in [1.29, 1.82) is 0 Å². The molecule has 5 heteroatoms. The number of aromatic nitrogens is 2. The minimum Gasteiger partial charge on any atom is -0.361 e. The fourth-order valence-electron chi connectivity index (χ4n) is 4.00. The molecule has 0 bridgehead atoms. The van der Waals surface area contributed by atoms with Crippen LogP contribution in [0.15, 0.2) is 97.3 Å². The highest BCUT2D eigenvalue weighted by Crippen LogP contribution is 2.38. The molecule has 148 valence electrons. The largest absolute Gasteiger partial charge is 0.361 e. The van der Waals surface area contributed by atoms with Crippen LogP contribution >= 0.6 is 0 Å². The normalized spacial score (nSPS) is 16.6. The first-order valence-corrected chi connectivity index (χ1v) is 10.1. The predicted octanol–water partition coefficient (Wildman–Crippen LogP) is 5.20. The van der Waals surface area contributed by atoms with Crippen LogP contribution in [0.4, 0.5) is 5.69 Å². The second-order valence-corrected chi connectivity index (χ2v) is 7.45. The van der Waals surface area contributed by atoms with E-state index in [2.05, 4.69) is 29.5 Å². The van der Waals surface area contributed by atoms with E-state index in [1.807, 2.05) is 94.8 Å². The van der Waals surface area contributed by atoms with Gasteiger partial charge in [-0.2, -0.15) is 5.10 Å². The monoisotopic (exact) mass is 394 g/mol. The molecule has 0 saturated carbocycles. The van der Waals surface area contributed by atoms with Gasteiger partial charge in [0.2, 0.25) is 0 Å². The molecular weight excluding hydrogens is 372 g/mol. The van der Waals surface area contributed by atoms with Gasteiger partial charge >= 0.3 is 0 Å². The first-order chi connectivity index (χ1) is 14.7. The third kappa shape index (κ3) is 3.14. The number of rotatable bonds is 4. The zero-order valence-corrected chi connectivity index (χ0v) is 16.6. The minimum absolute atomic E-state index is 0.0122. The van der Waals surface area contributed by atoms with Crippen LogP contribution in [0.25, 0.3) is 5.69 Å². The van der Waals surface area contributed by atoms with Crippen LogP contribution in [-0.4, -0.2) is 20.6 Å². The SMILES string of the molecule is C[C@@H](c1ccccc1)N1C(=O)c2ccccc2N[C@H]1c1cnn(-c2ccccc2)c1. The lowest BCUT2D eigenvalue weighted by Gasteiger charge is -2.41. The standard InChI is InChI=1S/C25H22N4O/c1-18(19-10-4-2-5-11-19)29-24(27-23-15-9-8-14-22(23)25(29)30)20-16-26-28(17-20)21-12-6-3-7-13-21/h2-18,24,27H,1H3/t18-,24+/m0/s1. The molecule has 2 atom stereocenters. The van der Waals surface area contributed by atoms with Crippen molar-refractivity contribution in [2.75, 3.05) is 5.32 Å². The summed E-state index contributed by atoms with van der Waals surface area (Å²) in [6.07, 6.45) is 3.50. The van der Waals surface area contributed by atoms with E-state index >= 15 is 0 Å². The zero-order chi connectivity index (χ0) is 20.5. The van der Waals surface area contributed by atoms with Crippen molar-refractivity contribution in [3.8, 4) is 5.69 Å². The Kier molecular flexibility index (Phi) is 4.56. The average Bonchev–Trinajstić information content (AvgIpc) is 3.30. The Morgan fingerprint density at radius 2 is 1.57 bits per heavy atom. The van der Waals surface area contributed by atoms with Gasteiger partial charge in [0.05, 0.1) is 23.5 Å². The first-order valence-electron chi connectivity index (χ1n) is 10.1. The number of fused-ring (bicyclic) bond motifs is 1. The van der Waals surface area contributed by atoms with Crippen LogP contribution in [0, 0.1) is 0 Å². The molecular formula is C25H22N4O. The second kappa shape index (κ2) is 7.52. The number of hydrogen-bond donors (Lipinski definition) is 1. The van der Waals surface area contributed by atoms with Gasteiger partial charge in [-0.15, -0.1) is 0 Å². The average molecular weight is 394 g/mol. The number of amides is 1. The quantitative estimate of drug-likeness (QED) is 0.518. The molecule has 1 aromatic heterocycles. The Bertz CT molecular complexity index is 1170. The molecule has 30 heavy (non-hydrogen) atoms. The van der Waals surface area contributed by atoms with Crippen LogP contribution in [0.5, 0.6) is 0 Å². The lowest BCUT2D eigenvalue weighted by atomic mass is 10.00. The van der Waals surface area contributed by atoms with Crippen molar-refractivity contribution in [3.63, 3.8) is 0 Å². The fourth-order valence-corrected chi connectivity index (χ4v) is 4.00. The summed E-state index contributed by atoms with van der Waals surface area (Å²) in [5, 5.41) is 8.11. The van der Waals surface area contributed by atoms with Gasteiger partial charge in [-0.05, 0) is 36.8 Å². The van der Waals surface area contributed by atoms with Gasteiger partial charge in [0.15, 0.2) is 0 Å². The molecule has 5 nitrogen and oxygen atoms in total. The summed E-state index contributed by atoms with van der Waals surface area (Å²) in [6, 6.07) is 27.6. The number of para-hydroxylation sites is 2. The number of anilines is 1. The molecule has 0 fully saturated rings. The molecule has 5 rings (SSSR count). The molecule has 0 radical (unpaired) electrons. The number of carbonyl (C=O) groups is 1. The van der Waals surface area contributed by atoms with Crippen LogP contribution < -0.4 is 5.32 Å². The highest BCUT2D eigenvalue weighted by Gasteiger charge is 2.37. The molecule has 0 saturated heterocycles. The number of nitrogens with zero attached hydrogens (tertiary/aromatic N) is 3. The summed E-state index contributed by atoms with van der Waals surface area (Å²) < 4.78 is 1.84.